The molecule has 4 nitrogen and oxygen atoms in total. The van der Waals surface area contributed by atoms with E-state index in [-0.39, 0.29) is 12.2 Å². The van der Waals surface area contributed by atoms with Gasteiger partial charge in [0.15, 0.2) is 0 Å². The summed E-state index contributed by atoms with van der Waals surface area (Å²) in [5.41, 5.74) is 1.24. The maximum Gasteiger partial charge on any atom is 0.303 e. The molecule has 0 aliphatic rings. The van der Waals surface area contributed by atoms with Gasteiger partial charge in [0, 0.05) is 18.8 Å². The topological polar surface area (TPSA) is 55.1 Å². The lowest BCUT2D eigenvalue weighted by Gasteiger charge is -2.06. The van der Waals surface area contributed by atoms with Crippen molar-refractivity contribution in [2.45, 2.75) is 19.3 Å². The van der Waals surface area contributed by atoms with Crippen LogP contribution in [0.25, 0.3) is 5.69 Å². The number of carbonyl (C=O) groups is 1. The fourth-order valence-electron chi connectivity index (χ4n) is 1.76. The molecule has 94 valence electrons. The lowest BCUT2D eigenvalue weighted by Crippen LogP contribution is -1.98. The lowest BCUT2D eigenvalue weighted by molar-refractivity contribution is -0.137. The Labute approximate surface area is 104 Å². The van der Waals surface area contributed by atoms with Crippen LogP contribution >= 0.6 is 0 Å². The van der Waals surface area contributed by atoms with Gasteiger partial charge >= 0.3 is 5.97 Å². The Balaban J connectivity index is 2.08. The van der Waals surface area contributed by atoms with E-state index in [0.717, 1.165) is 5.56 Å². The number of aryl methyl sites for hydroxylation is 1. The number of nitrogens with zero attached hydrogens (tertiary/aromatic N) is 2. The van der Waals surface area contributed by atoms with Gasteiger partial charge < -0.3 is 9.67 Å². The molecule has 0 spiro atoms. The van der Waals surface area contributed by atoms with Crippen molar-refractivity contribution in [1.29, 1.82) is 0 Å². The fraction of sp³-hybridized carbons (Fsp3) is 0.231. The predicted molar refractivity (Wildman–Crippen MR) is 64.1 cm³/mol. The molecule has 0 fully saturated rings. The number of imidazole rings is 1. The van der Waals surface area contributed by atoms with Gasteiger partial charge in [-0.2, -0.15) is 0 Å². The highest BCUT2D eigenvalue weighted by Gasteiger charge is 2.06. The Kier molecular flexibility index (Phi) is 3.72. The Morgan fingerprint density at radius 1 is 1.44 bits per heavy atom. The zero-order valence-corrected chi connectivity index (χ0v) is 9.71. The molecule has 1 aromatic heterocycles. The molecule has 0 radical (unpaired) electrons. The van der Waals surface area contributed by atoms with E-state index >= 15 is 0 Å². The Morgan fingerprint density at radius 2 is 2.28 bits per heavy atom. The average Bonchev–Trinajstić information content (AvgIpc) is 2.82. The quantitative estimate of drug-likeness (QED) is 0.884. The summed E-state index contributed by atoms with van der Waals surface area (Å²) in [6, 6.07) is 4.92. The molecule has 0 saturated carbocycles. The van der Waals surface area contributed by atoms with Crippen LogP contribution in [0.5, 0.6) is 0 Å². The van der Waals surface area contributed by atoms with Crippen LogP contribution in [-0.2, 0) is 11.2 Å². The van der Waals surface area contributed by atoms with Crippen molar-refractivity contribution in [3.8, 4) is 5.69 Å². The number of halogens is 1. The van der Waals surface area contributed by atoms with Crippen molar-refractivity contribution in [3.05, 3.63) is 48.3 Å². The zero-order valence-electron chi connectivity index (χ0n) is 9.71. The molecular formula is C13H13FN2O2. The van der Waals surface area contributed by atoms with Crippen LogP contribution in [0.15, 0.2) is 36.9 Å². The number of carboxylic acids is 1. The van der Waals surface area contributed by atoms with Crippen LogP contribution in [0, 0.1) is 5.82 Å². The summed E-state index contributed by atoms with van der Waals surface area (Å²) in [6.07, 6.45) is 5.96. The minimum Gasteiger partial charge on any atom is -0.481 e. The summed E-state index contributed by atoms with van der Waals surface area (Å²) in [6.45, 7) is 0. The van der Waals surface area contributed by atoms with Crippen LogP contribution in [0.3, 0.4) is 0 Å². The third kappa shape index (κ3) is 2.94. The van der Waals surface area contributed by atoms with Gasteiger partial charge in [0.25, 0.3) is 0 Å². The van der Waals surface area contributed by atoms with Gasteiger partial charge in [-0.1, -0.05) is 6.07 Å². The number of aromatic nitrogens is 2. The maximum atomic E-state index is 13.8. The summed E-state index contributed by atoms with van der Waals surface area (Å²) >= 11 is 0. The van der Waals surface area contributed by atoms with Gasteiger partial charge in [0.2, 0.25) is 0 Å². The number of hydrogen-bond acceptors (Lipinski definition) is 2. The second-order valence-electron chi connectivity index (χ2n) is 4.00. The van der Waals surface area contributed by atoms with Gasteiger partial charge in [-0.3, -0.25) is 4.79 Å². The Morgan fingerprint density at radius 3 is 2.89 bits per heavy atom. The van der Waals surface area contributed by atoms with Crippen molar-refractivity contribution in [3.63, 3.8) is 0 Å². The first-order valence-corrected chi connectivity index (χ1v) is 5.65. The van der Waals surface area contributed by atoms with E-state index in [4.69, 9.17) is 5.11 Å². The van der Waals surface area contributed by atoms with Crippen molar-refractivity contribution in [2.75, 3.05) is 0 Å². The van der Waals surface area contributed by atoms with Crippen LogP contribution in [-0.4, -0.2) is 20.6 Å². The first-order valence-electron chi connectivity index (χ1n) is 5.65. The van der Waals surface area contributed by atoms with Gasteiger partial charge in [0.05, 0.1) is 12.0 Å². The maximum absolute atomic E-state index is 13.8. The molecule has 0 saturated heterocycles. The highest BCUT2D eigenvalue weighted by atomic mass is 19.1. The minimum atomic E-state index is -0.828. The van der Waals surface area contributed by atoms with E-state index in [1.54, 1.807) is 29.1 Å². The van der Waals surface area contributed by atoms with Crippen LogP contribution < -0.4 is 0 Å². The first kappa shape index (κ1) is 12.3. The van der Waals surface area contributed by atoms with E-state index in [9.17, 15) is 9.18 Å². The average molecular weight is 248 g/mol. The number of carboxylic acid groups (broad SMARTS) is 1. The molecule has 0 aliphatic carbocycles. The lowest BCUT2D eigenvalue weighted by atomic mass is 10.1. The molecule has 0 atom stereocenters. The van der Waals surface area contributed by atoms with Crippen LogP contribution in [0.4, 0.5) is 4.39 Å². The smallest absolute Gasteiger partial charge is 0.303 e. The van der Waals surface area contributed by atoms with E-state index in [2.05, 4.69) is 4.98 Å². The van der Waals surface area contributed by atoms with Crippen molar-refractivity contribution < 1.29 is 14.3 Å². The number of hydrogen-bond donors (Lipinski definition) is 1. The van der Waals surface area contributed by atoms with E-state index in [1.807, 2.05) is 0 Å². The molecule has 18 heavy (non-hydrogen) atoms. The molecule has 5 heteroatoms. The largest absolute Gasteiger partial charge is 0.481 e. The molecule has 1 aromatic carbocycles. The highest BCUT2D eigenvalue weighted by molar-refractivity contribution is 5.66. The summed E-state index contributed by atoms with van der Waals surface area (Å²) in [5, 5.41) is 8.53. The SMILES string of the molecule is O=C(O)CCCc1ccc(-n2ccnc2)c(F)c1. The zero-order chi connectivity index (χ0) is 13.0. The molecule has 1 heterocycles. The molecule has 0 unspecified atom stereocenters. The standard InChI is InChI=1S/C13H13FN2O2/c14-11-8-10(2-1-3-13(17)18)4-5-12(11)16-7-6-15-9-16/h4-9H,1-3H2,(H,17,18). The van der Waals surface area contributed by atoms with E-state index in [1.165, 1.54) is 12.4 Å². The van der Waals surface area contributed by atoms with Crippen LogP contribution in [0.1, 0.15) is 18.4 Å². The monoisotopic (exact) mass is 248 g/mol. The number of benzene rings is 1. The molecule has 0 amide bonds. The third-order valence-electron chi connectivity index (χ3n) is 2.65. The Hall–Kier alpha value is -2.17. The highest BCUT2D eigenvalue weighted by Crippen LogP contribution is 2.16. The van der Waals surface area contributed by atoms with E-state index in [0.29, 0.717) is 18.5 Å². The van der Waals surface area contributed by atoms with Crippen LogP contribution in [0.2, 0.25) is 0 Å². The molecule has 2 aromatic rings. The summed E-state index contributed by atoms with van der Waals surface area (Å²) in [4.78, 5) is 14.2. The van der Waals surface area contributed by atoms with Gasteiger partial charge in [-0.25, -0.2) is 9.37 Å². The second kappa shape index (κ2) is 5.44. The summed E-state index contributed by atoms with van der Waals surface area (Å²) < 4.78 is 15.4. The van der Waals surface area contributed by atoms with Gasteiger partial charge in [0.1, 0.15) is 5.82 Å². The van der Waals surface area contributed by atoms with Crippen molar-refractivity contribution in [2.24, 2.45) is 0 Å². The van der Waals surface area contributed by atoms with Crippen molar-refractivity contribution in [1.82, 2.24) is 9.55 Å². The minimum absolute atomic E-state index is 0.102. The number of rotatable bonds is 5. The molecular weight excluding hydrogens is 235 g/mol. The van der Waals surface area contributed by atoms with E-state index < -0.39 is 5.97 Å². The first-order chi connectivity index (χ1) is 8.66. The molecule has 1 N–H and O–H groups in total. The predicted octanol–water partition coefficient (Wildman–Crippen LogP) is 2.42. The second-order valence-corrected chi connectivity index (χ2v) is 4.00. The molecule has 0 aliphatic heterocycles. The number of aliphatic carboxylic acids is 1. The summed E-state index contributed by atoms with van der Waals surface area (Å²) in [5.74, 6) is -1.16. The van der Waals surface area contributed by atoms with Gasteiger partial charge in [-0.15, -0.1) is 0 Å². The normalized spacial score (nSPS) is 10.5. The Bertz CT molecular complexity index is 538. The van der Waals surface area contributed by atoms with Gasteiger partial charge in [-0.05, 0) is 30.5 Å². The van der Waals surface area contributed by atoms with Crippen molar-refractivity contribution >= 4 is 5.97 Å². The molecule has 0 bridgehead atoms. The fourth-order valence-corrected chi connectivity index (χ4v) is 1.76. The summed E-state index contributed by atoms with van der Waals surface area (Å²) in [7, 11) is 0. The molecule has 2 rings (SSSR count). The third-order valence-corrected chi connectivity index (χ3v) is 2.65.